The van der Waals surface area contributed by atoms with Crippen molar-refractivity contribution >= 4 is 5.82 Å². The average molecular weight is 215 g/mol. The predicted molar refractivity (Wildman–Crippen MR) is 65.5 cm³/mol. The lowest BCUT2D eigenvalue weighted by molar-refractivity contribution is 0.572. The fourth-order valence-corrected chi connectivity index (χ4v) is 2.19. The molecule has 0 aliphatic carbocycles. The molecule has 0 amide bonds. The highest BCUT2D eigenvalue weighted by atomic mass is 15.2. The molecule has 0 saturated carbocycles. The highest BCUT2D eigenvalue weighted by Gasteiger charge is 2.15. The molecule has 16 heavy (non-hydrogen) atoms. The van der Waals surface area contributed by atoms with E-state index in [0.29, 0.717) is 6.54 Å². The first-order valence-corrected chi connectivity index (χ1v) is 5.94. The normalized spacial score (nSPS) is 15.8. The Balaban J connectivity index is 2.14. The average Bonchev–Trinajstić information content (AvgIpc) is 2.38. The van der Waals surface area contributed by atoms with Crippen LogP contribution in [0.15, 0.2) is 18.3 Å². The number of hydrogen-bond acceptors (Lipinski definition) is 2. The molecule has 1 aromatic heterocycles. The van der Waals surface area contributed by atoms with Gasteiger partial charge in [-0.3, -0.25) is 0 Å². The summed E-state index contributed by atoms with van der Waals surface area (Å²) in [5.74, 6) is 1.10. The molecule has 0 aromatic carbocycles. The Morgan fingerprint density at radius 2 is 2.12 bits per heavy atom. The monoisotopic (exact) mass is 215 g/mol. The third-order valence-corrected chi connectivity index (χ3v) is 3.02. The minimum atomic E-state index is 0.562. The maximum atomic E-state index is 6.86. The maximum absolute atomic E-state index is 6.86. The molecule has 0 N–H and O–H groups in total. The minimum Gasteiger partial charge on any atom is -0.356 e. The molecule has 84 valence electrons. The van der Waals surface area contributed by atoms with Gasteiger partial charge in [-0.05, 0) is 25.3 Å². The first kappa shape index (κ1) is 10.9. The van der Waals surface area contributed by atoms with Gasteiger partial charge in [0.25, 0.3) is 0 Å². The molecule has 2 rings (SSSR count). The van der Waals surface area contributed by atoms with E-state index in [2.05, 4.69) is 20.8 Å². The van der Waals surface area contributed by atoms with E-state index in [9.17, 15) is 0 Å². The Hall–Kier alpha value is -1.56. The molecule has 2 heterocycles. The SMILES string of the molecule is [C-]#[N+]CCc1cccnc1N1CCCCC1. The standard InChI is InChI=1S/C13H17N3/c1-14-9-7-12-6-5-8-15-13(12)16-10-3-2-4-11-16/h5-6,8H,2-4,7,9-11H2. The van der Waals surface area contributed by atoms with Gasteiger partial charge in [-0.1, -0.05) is 6.07 Å². The van der Waals surface area contributed by atoms with Crippen molar-refractivity contribution in [2.45, 2.75) is 25.7 Å². The lowest BCUT2D eigenvalue weighted by atomic mass is 10.1. The van der Waals surface area contributed by atoms with E-state index in [-0.39, 0.29) is 0 Å². The van der Waals surface area contributed by atoms with Gasteiger partial charge >= 0.3 is 0 Å². The van der Waals surface area contributed by atoms with Crippen LogP contribution in [0.4, 0.5) is 5.82 Å². The van der Waals surface area contributed by atoms with Gasteiger partial charge < -0.3 is 9.74 Å². The number of hydrogen-bond donors (Lipinski definition) is 0. The van der Waals surface area contributed by atoms with Crippen LogP contribution in [-0.2, 0) is 6.42 Å². The number of nitrogens with zero attached hydrogens (tertiary/aromatic N) is 3. The third-order valence-electron chi connectivity index (χ3n) is 3.02. The van der Waals surface area contributed by atoms with Gasteiger partial charge in [0, 0.05) is 31.3 Å². The van der Waals surface area contributed by atoms with Gasteiger partial charge in [0.15, 0.2) is 0 Å². The summed E-state index contributed by atoms with van der Waals surface area (Å²) in [6.07, 6.45) is 6.53. The van der Waals surface area contributed by atoms with Gasteiger partial charge in [-0.2, -0.15) is 0 Å². The zero-order valence-corrected chi connectivity index (χ0v) is 9.52. The van der Waals surface area contributed by atoms with E-state index in [1.165, 1.54) is 24.8 Å². The Kier molecular flexibility index (Phi) is 3.76. The highest BCUT2D eigenvalue weighted by molar-refractivity contribution is 5.47. The summed E-state index contributed by atoms with van der Waals surface area (Å²) < 4.78 is 0. The molecule has 1 aliphatic rings. The number of pyridine rings is 1. The second-order valence-electron chi connectivity index (χ2n) is 4.17. The van der Waals surface area contributed by atoms with E-state index in [4.69, 9.17) is 6.57 Å². The second kappa shape index (κ2) is 5.50. The van der Waals surface area contributed by atoms with Crippen LogP contribution >= 0.6 is 0 Å². The minimum absolute atomic E-state index is 0.562. The summed E-state index contributed by atoms with van der Waals surface area (Å²) in [6.45, 7) is 9.65. The van der Waals surface area contributed by atoms with E-state index in [0.717, 1.165) is 25.3 Å². The van der Waals surface area contributed by atoms with Crippen molar-refractivity contribution in [3.05, 3.63) is 35.3 Å². The number of piperidine rings is 1. The third kappa shape index (κ3) is 2.52. The zero-order valence-electron chi connectivity index (χ0n) is 9.52. The molecule has 0 bridgehead atoms. The summed E-state index contributed by atoms with van der Waals surface area (Å²) in [5.41, 5.74) is 1.22. The molecule has 0 unspecified atom stereocenters. The van der Waals surface area contributed by atoms with Gasteiger partial charge in [-0.25, -0.2) is 11.6 Å². The first-order chi connectivity index (χ1) is 7.92. The fraction of sp³-hybridized carbons (Fsp3) is 0.538. The molecule has 3 nitrogen and oxygen atoms in total. The fourth-order valence-electron chi connectivity index (χ4n) is 2.19. The molecular formula is C13H17N3. The van der Waals surface area contributed by atoms with E-state index in [1.54, 1.807) is 0 Å². The lowest BCUT2D eigenvalue weighted by Gasteiger charge is -2.29. The predicted octanol–water partition coefficient (Wildman–Crippen LogP) is 2.53. The van der Waals surface area contributed by atoms with Gasteiger partial charge in [0.2, 0.25) is 6.54 Å². The van der Waals surface area contributed by atoms with Crippen LogP contribution in [0, 0.1) is 6.57 Å². The maximum Gasteiger partial charge on any atom is 0.218 e. The molecule has 0 spiro atoms. The summed E-state index contributed by atoms with van der Waals surface area (Å²) >= 11 is 0. The number of aromatic nitrogens is 1. The summed E-state index contributed by atoms with van der Waals surface area (Å²) in [5, 5.41) is 0. The molecule has 3 heteroatoms. The Morgan fingerprint density at radius 3 is 2.88 bits per heavy atom. The molecule has 1 saturated heterocycles. The zero-order chi connectivity index (χ0) is 11.2. The van der Waals surface area contributed by atoms with Crippen LogP contribution in [0.3, 0.4) is 0 Å². The smallest absolute Gasteiger partial charge is 0.218 e. The topological polar surface area (TPSA) is 20.5 Å². The van der Waals surface area contributed by atoms with Gasteiger partial charge in [-0.15, -0.1) is 0 Å². The van der Waals surface area contributed by atoms with Crippen molar-refractivity contribution in [2.75, 3.05) is 24.5 Å². The number of anilines is 1. The van der Waals surface area contributed by atoms with Crippen molar-refractivity contribution in [2.24, 2.45) is 0 Å². The molecule has 1 aliphatic heterocycles. The Bertz CT molecular complexity index is 375. The first-order valence-electron chi connectivity index (χ1n) is 5.94. The van der Waals surface area contributed by atoms with E-state index >= 15 is 0 Å². The van der Waals surface area contributed by atoms with Crippen LogP contribution in [0.25, 0.3) is 4.85 Å². The van der Waals surface area contributed by atoms with Crippen LogP contribution in [0.5, 0.6) is 0 Å². The van der Waals surface area contributed by atoms with Crippen molar-refractivity contribution < 1.29 is 0 Å². The van der Waals surface area contributed by atoms with Crippen LogP contribution < -0.4 is 4.90 Å². The highest BCUT2D eigenvalue weighted by Crippen LogP contribution is 2.21. The van der Waals surface area contributed by atoms with E-state index in [1.807, 2.05) is 12.3 Å². The van der Waals surface area contributed by atoms with Crippen LogP contribution in [-0.4, -0.2) is 24.6 Å². The molecule has 0 radical (unpaired) electrons. The quantitative estimate of drug-likeness (QED) is 0.722. The molecule has 1 fully saturated rings. The lowest BCUT2D eigenvalue weighted by Crippen LogP contribution is -2.31. The summed E-state index contributed by atoms with van der Waals surface area (Å²) in [7, 11) is 0. The van der Waals surface area contributed by atoms with Crippen molar-refractivity contribution in [1.82, 2.24) is 4.98 Å². The molecular weight excluding hydrogens is 198 g/mol. The number of rotatable bonds is 3. The van der Waals surface area contributed by atoms with E-state index < -0.39 is 0 Å². The Labute approximate surface area is 96.9 Å². The van der Waals surface area contributed by atoms with Crippen LogP contribution in [0.1, 0.15) is 24.8 Å². The molecule has 1 aromatic rings. The van der Waals surface area contributed by atoms with Crippen LogP contribution in [0.2, 0.25) is 0 Å². The van der Waals surface area contributed by atoms with Gasteiger partial charge in [0.05, 0.1) is 0 Å². The second-order valence-corrected chi connectivity index (χ2v) is 4.17. The van der Waals surface area contributed by atoms with Crippen molar-refractivity contribution in [3.8, 4) is 0 Å². The van der Waals surface area contributed by atoms with Gasteiger partial charge in [0.1, 0.15) is 5.82 Å². The van der Waals surface area contributed by atoms with Crippen molar-refractivity contribution in [1.29, 1.82) is 0 Å². The summed E-state index contributed by atoms with van der Waals surface area (Å²) in [6, 6.07) is 4.06. The largest absolute Gasteiger partial charge is 0.356 e. The summed E-state index contributed by atoms with van der Waals surface area (Å²) in [4.78, 5) is 10.3. The molecule has 0 atom stereocenters. The van der Waals surface area contributed by atoms with Crippen molar-refractivity contribution in [3.63, 3.8) is 0 Å². The Morgan fingerprint density at radius 1 is 1.31 bits per heavy atom.